The number of aromatic carboxylic acids is 1. The van der Waals surface area contributed by atoms with E-state index in [4.69, 9.17) is 4.74 Å². The maximum absolute atomic E-state index is 11.3. The molecule has 104 valence electrons. The Morgan fingerprint density at radius 3 is 2.10 bits per heavy atom. The fourth-order valence-corrected chi connectivity index (χ4v) is 1.95. The second-order valence-corrected chi connectivity index (χ2v) is 5.09. The van der Waals surface area contributed by atoms with Gasteiger partial charge < -0.3 is 9.84 Å². The number of rotatable bonds is 3. The highest BCUT2D eigenvalue weighted by Gasteiger charge is 2.14. The average molecular weight is 270 g/mol. The molecule has 0 radical (unpaired) electrons. The van der Waals surface area contributed by atoms with Crippen molar-refractivity contribution in [3.05, 3.63) is 58.1 Å². The van der Waals surface area contributed by atoms with E-state index in [1.54, 1.807) is 12.1 Å². The molecule has 0 saturated carbocycles. The molecule has 2 aromatic carbocycles. The predicted octanol–water partition coefficient (Wildman–Crippen LogP) is 4.41. The van der Waals surface area contributed by atoms with Gasteiger partial charge in [0.2, 0.25) is 0 Å². The molecule has 3 nitrogen and oxygen atoms in total. The van der Waals surface area contributed by atoms with Crippen LogP contribution in [0.2, 0.25) is 0 Å². The minimum atomic E-state index is -0.980. The van der Waals surface area contributed by atoms with Crippen LogP contribution in [-0.4, -0.2) is 11.1 Å². The van der Waals surface area contributed by atoms with Crippen LogP contribution in [0.5, 0.6) is 11.5 Å². The summed E-state index contributed by atoms with van der Waals surface area (Å²) >= 11 is 0. The van der Waals surface area contributed by atoms with Crippen molar-refractivity contribution in [3.8, 4) is 11.5 Å². The minimum Gasteiger partial charge on any atom is -0.478 e. The Bertz CT molecular complexity index is 672. The first kappa shape index (κ1) is 14.1. The van der Waals surface area contributed by atoms with E-state index in [-0.39, 0.29) is 5.56 Å². The Morgan fingerprint density at radius 1 is 0.900 bits per heavy atom. The van der Waals surface area contributed by atoms with E-state index in [1.807, 2.05) is 45.9 Å². The van der Waals surface area contributed by atoms with Crippen molar-refractivity contribution in [2.75, 3.05) is 0 Å². The van der Waals surface area contributed by atoms with Crippen LogP contribution >= 0.6 is 0 Å². The molecular formula is C17H18O3. The van der Waals surface area contributed by atoms with Gasteiger partial charge in [0.15, 0.2) is 0 Å². The summed E-state index contributed by atoms with van der Waals surface area (Å²) in [7, 11) is 0. The normalized spacial score (nSPS) is 10.4. The zero-order chi connectivity index (χ0) is 14.9. The zero-order valence-electron chi connectivity index (χ0n) is 12.2. The van der Waals surface area contributed by atoms with Crippen molar-refractivity contribution < 1.29 is 14.6 Å². The molecule has 0 heterocycles. The maximum atomic E-state index is 11.3. The van der Waals surface area contributed by atoms with Crippen molar-refractivity contribution in [2.24, 2.45) is 0 Å². The molecule has 3 heteroatoms. The number of hydrogen-bond acceptors (Lipinski definition) is 2. The molecule has 2 rings (SSSR count). The number of carboxylic acids is 1. The zero-order valence-corrected chi connectivity index (χ0v) is 12.2. The van der Waals surface area contributed by atoms with Gasteiger partial charge in [-0.25, -0.2) is 4.79 Å². The van der Waals surface area contributed by atoms with Gasteiger partial charge in [-0.1, -0.05) is 6.07 Å². The van der Waals surface area contributed by atoms with Gasteiger partial charge in [0, 0.05) is 0 Å². The van der Waals surface area contributed by atoms with E-state index >= 15 is 0 Å². The monoisotopic (exact) mass is 270 g/mol. The van der Waals surface area contributed by atoms with Crippen molar-refractivity contribution in [2.45, 2.75) is 27.7 Å². The van der Waals surface area contributed by atoms with Crippen molar-refractivity contribution in [1.82, 2.24) is 0 Å². The Balaban J connectivity index is 2.44. The molecule has 0 atom stereocenters. The Kier molecular flexibility index (Phi) is 3.79. The minimum absolute atomic E-state index is 0.186. The molecule has 0 aliphatic heterocycles. The number of carboxylic acid groups (broad SMARTS) is 1. The molecule has 0 spiro atoms. The Morgan fingerprint density at radius 2 is 1.50 bits per heavy atom. The van der Waals surface area contributed by atoms with Gasteiger partial charge in [0.05, 0.1) is 0 Å². The van der Waals surface area contributed by atoms with Crippen molar-refractivity contribution >= 4 is 5.97 Å². The molecule has 0 aliphatic rings. The average Bonchev–Trinajstić information content (AvgIpc) is 2.37. The van der Waals surface area contributed by atoms with E-state index in [1.165, 1.54) is 5.56 Å². The fourth-order valence-electron chi connectivity index (χ4n) is 1.95. The van der Waals surface area contributed by atoms with Crippen LogP contribution in [0.3, 0.4) is 0 Å². The van der Waals surface area contributed by atoms with Crippen LogP contribution in [0.15, 0.2) is 30.3 Å². The Hall–Kier alpha value is -2.29. The van der Waals surface area contributed by atoms with Gasteiger partial charge in [0.1, 0.15) is 17.1 Å². The molecule has 0 saturated heterocycles. The highest BCUT2D eigenvalue weighted by molar-refractivity contribution is 5.91. The largest absolute Gasteiger partial charge is 0.478 e. The topological polar surface area (TPSA) is 46.5 Å². The van der Waals surface area contributed by atoms with E-state index in [2.05, 4.69) is 0 Å². The van der Waals surface area contributed by atoms with Crippen LogP contribution < -0.4 is 4.74 Å². The highest BCUT2D eigenvalue weighted by atomic mass is 16.5. The van der Waals surface area contributed by atoms with Crippen LogP contribution in [0.1, 0.15) is 32.6 Å². The summed E-state index contributed by atoms with van der Waals surface area (Å²) in [4.78, 5) is 11.3. The van der Waals surface area contributed by atoms with Crippen LogP contribution in [0.4, 0.5) is 0 Å². The van der Waals surface area contributed by atoms with E-state index in [9.17, 15) is 9.90 Å². The van der Waals surface area contributed by atoms with Gasteiger partial charge in [-0.15, -0.1) is 0 Å². The molecular weight excluding hydrogens is 252 g/mol. The first-order chi connectivity index (χ1) is 9.38. The van der Waals surface area contributed by atoms with Gasteiger partial charge in [-0.05, 0) is 74.2 Å². The quantitative estimate of drug-likeness (QED) is 0.898. The lowest BCUT2D eigenvalue weighted by atomic mass is 10.0. The third-order valence-electron chi connectivity index (χ3n) is 3.53. The first-order valence-corrected chi connectivity index (χ1v) is 6.48. The molecule has 0 fully saturated rings. The lowest BCUT2D eigenvalue weighted by molar-refractivity contribution is 0.0694. The molecule has 0 aromatic heterocycles. The third-order valence-corrected chi connectivity index (χ3v) is 3.53. The SMILES string of the molecule is Cc1ccc(Oc2cc(C)c(C)cc2C(=O)O)cc1C. The Labute approximate surface area is 118 Å². The van der Waals surface area contributed by atoms with E-state index < -0.39 is 5.97 Å². The smallest absolute Gasteiger partial charge is 0.339 e. The summed E-state index contributed by atoms with van der Waals surface area (Å²) in [6.07, 6.45) is 0. The maximum Gasteiger partial charge on any atom is 0.339 e. The van der Waals surface area contributed by atoms with Crippen LogP contribution in [0, 0.1) is 27.7 Å². The molecule has 20 heavy (non-hydrogen) atoms. The summed E-state index contributed by atoms with van der Waals surface area (Å²) in [5.74, 6) is 0.0506. The summed E-state index contributed by atoms with van der Waals surface area (Å²) in [6.45, 7) is 7.86. The molecule has 0 unspecified atom stereocenters. The third kappa shape index (κ3) is 2.82. The summed E-state index contributed by atoms with van der Waals surface area (Å²) in [5.41, 5.74) is 4.43. The molecule has 0 aliphatic carbocycles. The fraction of sp³-hybridized carbons (Fsp3) is 0.235. The number of benzene rings is 2. The molecule has 1 N–H and O–H groups in total. The predicted molar refractivity (Wildman–Crippen MR) is 78.9 cm³/mol. The summed E-state index contributed by atoms with van der Waals surface area (Å²) in [6, 6.07) is 9.15. The lowest BCUT2D eigenvalue weighted by Crippen LogP contribution is -2.02. The molecule has 0 bridgehead atoms. The number of aryl methyl sites for hydroxylation is 4. The second-order valence-electron chi connectivity index (χ2n) is 5.09. The van der Waals surface area contributed by atoms with Gasteiger partial charge in [-0.3, -0.25) is 0 Å². The van der Waals surface area contributed by atoms with Crippen molar-refractivity contribution in [3.63, 3.8) is 0 Å². The van der Waals surface area contributed by atoms with E-state index in [0.29, 0.717) is 11.5 Å². The molecule has 2 aromatic rings. The standard InChI is InChI=1S/C17H18O3/c1-10-5-6-14(7-11(10)2)20-16-9-13(4)12(3)8-15(16)17(18)19/h5-9H,1-4H3,(H,18,19). The lowest BCUT2D eigenvalue weighted by Gasteiger charge is -2.12. The van der Waals surface area contributed by atoms with Gasteiger partial charge in [-0.2, -0.15) is 0 Å². The molecule has 0 amide bonds. The van der Waals surface area contributed by atoms with Crippen LogP contribution in [-0.2, 0) is 0 Å². The number of carbonyl (C=O) groups is 1. The summed E-state index contributed by atoms with van der Waals surface area (Å²) < 4.78 is 5.76. The first-order valence-electron chi connectivity index (χ1n) is 6.48. The van der Waals surface area contributed by atoms with Crippen molar-refractivity contribution in [1.29, 1.82) is 0 Å². The summed E-state index contributed by atoms with van der Waals surface area (Å²) in [5, 5.41) is 9.28. The van der Waals surface area contributed by atoms with Gasteiger partial charge in [0.25, 0.3) is 0 Å². The highest BCUT2D eigenvalue weighted by Crippen LogP contribution is 2.29. The number of ether oxygens (including phenoxy) is 1. The van der Waals surface area contributed by atoms with Gasteiger partial charge >= 0.3 is 5.97 Å². The van der Waals surface area contributed by atoms with Crippen LogP contribution in [0.25, 0.3) is 0 Å². The van der Waals surface area contributed by atoms with E-state index in [0.717, 1.165) is 16.7 Å². The number of hydrogen-bond donors (Lipinski definition) is 1. The second kappa shape index (κ2) is 5.37.